The second-order valence-corrected chi connectivity index (χ2v) is 5.62. The van der Waals surface area contributed by atoms with Crippen molar-refractivity contribution in [3.63, 3.8) is 0 Å². The van der Waals surface area contributed by atoms with Gasteiger partial charge in [-0.25, -0.2) is 9.97 Å². The lowest BCUT2D eigenvalue weighted by atomic mass is 10.2. The van der Waals surface area contributed by atoms with E-state index in [9.17, 15) is 4.79 Å². The number of fused-ring (bicyclic) bond motifs is 1. The van der Waals surface area contributed by atoms with E-state index in [0.717, 1.165) is 22.4 Å². The molecule has 0 aliphatic rings. The third kappa shape index (κ3) is 3.34. The molecule has 126 valence electrons. The van der Waals surface area contributed by atoms with Gasteiger partial charge in [0, 0.05) is 18.5 Å². The number of imidazole rings is 1. The van der Waals surface area contributed by atoms with Gasteiger partial charge in [-0.15, -0.1) is 0 Å². The fourth-order valence-electron chi connectivity index (χ4n) is 2.57. The van der Waals surface area contributed by atoms with Crippen LogP contribution in [0.5, 0.6) is 0 Å². The number of carbonyl (C=O) groups is 1. The molecule has 0 saturated heterocycles. The molecule has 0 bridgehead atoms. The molecule has 0 spiro atoms. The number of pyridine rings is 2. The first-order valence-corrected chi connectivity index (χ1v) is 8.07. The molecule has 0 atom stereocenters. The second kappa shape index (κ2) is 6.98. The molecule has 0 aliphatic heterocycles. The zero-order chi connectivity index (χ0) is 17.8. The molecule has 0 unspecified atom stereocenters. The van der Waals surface area contributed by atoms with Crippen molar-refractivity contribution in [2.75, 3.05) is 5.32 Å². The van der Waals surface area contributed by atoms with E-state index in [0.29, 0.717) is 5.69 Å². The molecule has 1 N–H and O–H groups in total. The van der Waals surface area contributed by atoms with Crippen LogP contribution in [0.3, 0.4) is 0 Å². The molecule has 0 aliphatic carbocycles. The van der Waals surface area contributed by atoms with Gasteiger partial charge in [-0.2, -0.15) is 0 Å². The number of carbonyl (C=O) groups excluding carboxylic acids is 1. The number of nitrogens with zero attached hydrogens (tertiary/aromatic N) is 4. The Morgan fingerprint density at radius 1 is 1.00 bits per heavy atom. The summed E-state index contributed by atoms with van der Waals surface area (Å²) < 4.78 is 1.91. The van der Waals surface area contributed by atoms with E-state index in [2.05, 4.69) is 20.3 Å². The minimum absolute atomic E-state index is 0.225. The number of para-hydroxylation sites is 2. The highest BCUT2D eigenvalue weighted by atomic mass is 16.1. The maximum atomic E-state index is 12.0. The van der Waals surface area contributed by atoms with Crippen molar-refractivity contribution >= 4 is 28.7 Å². The molecule has 4 rings (SSSR count). The van der Waals surface area contributed by atoms with Crippen LogP contribution in [0.15, 0.2) is 79.5 Å². The monoisotopic (exact) mass is 341 g/mol. The highest BCUT2D eigenvalue weighted by Crippen LogP contribution is 2.17. The second-order valence-electron chi connectivity index (χ2n) is 5.62. The Hall–Kier alpha value is -3.80. The molecular weight excluding hydrogens is 326 g/mol. The Morgan fingerprint density at radius 3 is 2.73 bits per heavy atom. The first kappa shape index (κ1) is 15.7. The number of hydrogen-bond acceptors (Lipinski definition) is 4. The van der Waals surface area contributed by atoms with Gasteiger partial charge in [0.25, 0.3) is 0 Å². The summed E-state index contributed by atoms with van der Waals surface area (Å²) in [5, 5.41) is 2.79. The topological polar surface area (TPSA) is 72.7 Å². The molecule has 6 nitrogen and oxygen atoms in total. The van der Waals surface area contributed by atoms with Gasteiger partial charge < -0.3 is 5.32 Å². The summed E-state index contributed by atoms with van der Waals surface area (Å²) in [6.45, 7) is 0. The van der Waals surface area contributed by atoms with Crippen LogP contribution in [-0.4, -0.2) is 25.4 Å². The largest absolute Gasteiger partial charge is 0.321 e. The zero-order valence-electron chi connectivity index (χ0n) is 13.8. The van der Waals surface area contributed by atoms with E-state index in [1.165, 1.54) is 6.08 Å². The van der Waals surface area contributed by atoms with Gasteiger partial charge in [0.15, 0.2) is 0 Å². The first-order valence-electron chi connectivity index (χ1n) is 8.07. The van der Waals surface area contributed by atoms with Crippen LogP contribution in [0, 0.1) is 0 Å². The SMILES string of the molecule is O=C(/C=C/c1cccnc1)Nc1ccc(-n2cnc3ccccc32)nc1. The average Bonchev–Trinajstić information content (AvgIpc) is 3.12. The van der Waals surface area contributed by atoms with Gasteiger partial charge in [0.05, 0.1) is 22.9 Å². The minimum Gasteiger partial charge on any atom is -0.321 e. The van der Waals surface area contributed by atoms with Crippen molar-refractivity contribution in [2.24, 2.45) is 0 Å². The molecular formula is C20H15N5O. The lowest BCUT2D eigenvalue weighted by Crippen LogP contribution is -2.08. The van der Waals surface area contributed by atoms with Gasteiger partial charge in [-0.3, -0.25) is 14.3 Å². The molecule has 6 heteroatoms. The lowest BCUT2D eigenvalue weighted by Gasteiger charge is -2.05. The van der Waals surface area contributed by atoms with Crippen molar-refractivity contribution in [3.8, 4) is 5.82 Å². The Kier molecular flexibility index (Phi) is 4.22. The van der Waals surface area contributed by atoms with E-state index in [4.69, 9.17) is 0 Å². The van der Waals surface area contributed by atoms with Crippen molar-refractivity contribution in [1.82, 2.24) is 19.5 Å². The summed E-state index contributed by atoms with van der Waals surface area (Å²) in [5.74, 6) is 0.513. The van der Waals surface area contributed by atoms with Gasteiger partial charge in [0.1, 0.15) is 12.1 Å². The van der Waals surface area contributed by atoms with Crippen LogP contribution in [0.25, 0.3) is 22.9 Å². The van der Waals surface area contributed by atoms with Gasteiger partial charge >= 0.3 is 0 Å². The first-order chi connectivity index (χ1) is 12.8. The number of anilines is 1. The fraction of sp³-hybridized carbons (Fsp3) is 0. The molecule has 1 amide bonds. The molecule has 0 saturated carbocycles. The predicted molar refractivity (Wildman–Crippen MR) is 101 cm³/mol. The summed E-state index contributed by atoms with van der Waals surface area (Å²) in [7, 11) is 0. The third-order valence-electron chi connectivity index (χ3n) is 3.83. The Bertz CT molecular complexity index is 1070. The summed E-state index contributed by atoms with van der Waals surface area (Å²) in [5.41, 5.74) is 3.38. The van der Waals surface area contributed by atoms with Crippen molar-refractivity contribution in [3.05, 3.63) is 85.1 Å². The quantitative estimate of drug-likeness (QED) is 0.577. The number of hydrogen-bond donors (Lipinski definition) is 1. The molecule has 3 aromatic heterocycles. The lowest BCUT2D eigenvalue weighted by molar-refractivity contribution is -0.111. The molecule has 3 heterocycles. The van der Waals surface area contributed by atoms with E-state index >= 15 is 0 Å². The molecule has 26 heavy (non-hydrogen) atoms. The van der Waals surface area contributed by atoms with Crippen molar-refractivity contribution in [1.29, 1.82) is 0 Å². The van der Waals surface area contributed by atoms with Gasteiger partial charge in [0.2, 0.25) is 5.91 Å². The zero-order valence-corrected chi connectivity index (χ0v) is 13.8. The Labute approximate surface area is 149 Å². The number of aromatic nitrogens is 4. The standard InChI is InChI=1S/C20H15N5O/c26-20(10-7-15-4-3-11-21-12-15)24-16-8-9-19(22-13-16)25-14-23-17-5-1-2-6-18(17)25/h1-14H,(H,24,26)/b10-7+. The Balaban J connectivity index is 1.48. The number of rotatable bonds is 4. The van der Waals surface area contributed by atoms with Crippen LogP contribution in [-0.2, 0) is 4.79 Å². The molecule has 0 radical (unpaired) electrons. The molecule has 0 fully saturated rings. The summed E-state index contributed by atoms with van der Waals surface area (Å²) in [6, 6.07) is 15.2. The van der Waals surface area contributed by atoms with E-state index in [1.807, 2.05) is 53.1 Å². The van der Waals surface area contributed by atoms with Crippen LogP contribution in [0.1, 0.15) is 5.56 Å². The normalized spacial score (nSPS) is 11.1. The van der Waals surface area contributed by atoms with Crippen LogP contribution in [0.2, 0.25) is 0 Å². The molecule has 1 aromatic carbocycles. The average molecular weight is 341 g/mol. The third-order valence-corrected chi connectivity index (χ3v) is 3.83. The minimum atomic E-state index is -0.225. The number of amides is 1. The summed E-state index contributed by atoms with van der Waals surface area (Å²) in [6.07, 6.45) is 9.92. The van der Waals surface area contributed by atoms with E-state index < -0.39 is 0 Å². The van der Waals surface area contributed by atoms with E-state index in [-0.39, 0.29) is 5.91 Å². The highest BCUT2D eigenvalue weighted by molar-refractivity contribution is 6.01. The van der Waals surface area contributed by atoms with Crippen LogP contribution >= 0.6 is 0 Å². The smallest absolute Gasteiger partial charge is 0.248 e. The summed E-state index contributed by atoms with van der Waals surface area (Å²) >= 11 is 0. The van der Waals surface area contributed by atoms with Crippen LogP contribution in [0.4, 0.5) is 5.69 Å². The van der Waals surface area contributed by atoms with E-state index in [1.54, 1.807) is 31.0 Å². The highest BCUT2D eigenvalue weighted by Gasteiger charge is 2.05. The van der Waals surface area contributed by atoms with Gasteiger partial charge in [-0.05, 0) is 42.0 Å². The fourth-order valence-corrected chi connectivity index (χ4v) is 2.57. The maximum absolute atomic E-state index is 12.0. The maximum Gasteiger partial charge on any atom is 0.248 e. The summed E-state index contributed by atoms with van der Waals surface area (Å²) in [4.78, 5) is 24.8. The Morgan fingerprint density at radius 2 is 1.92 bits per heavy atom. The van der Waals surface area contributed by atoms with Crippen LogP contribution < -0.4 is 5.32 Å². The van der Waals surface area contributed by atoms with Crippen molar-refractivity contribution < 1.29 is 4.79 Å². The number of benzene rings is 1. The molecule has 4 aromatic rings. The van der Waals surface area contributed by atoms with Crippen molar-refractivity contribution in [2.45, 2.75) is 0 Å². The number of nitrogens with one attached hydrogen (secondary N) is 1. The van der Waals surface area contributed by atoms with Gasteiger partial charge in [-0.1, -0.05) is 18.2 Å². The predicted octanol–water partition coefficient (Wildman–Crippen LogP) is 3.47.